The molecule has 0 N–H and O–H groups in total. The minimum atomic E-state index is -5.02. The van der Waals surface area contributed by atoms with Gasteiger partial charge in [-0.1, -0.05) is 422 Å². The molecule has 0 amide bonds. The number of rotatable bonds is 86. The summed E-state index contributed by atoms with van der Waals surface area (Å²) in [6.07, 6.45) is 96.5. The number of hydrogen-bond donors (Lipinski definition) is 0. The van der Waals surface area contributed by atoms with Crippen molar-refractivity contribution in [1.29, 1.82) is 0 Å². The van der Waals surface area contributed by atoms with Gasteiger partial charge in [0.05, 0.1) is 58.5 Å². The topological polar surface area (TPSA) is 220 Å². The van der Waals surface area contributed by atoms with Gasteiger partial charge in [0.2, 0.25) is 0 Å². The molecule has 0 aromatic heterocycles. The third-order valence-corrected chi connectivity index (χ3v) is 24.3. The van der Waals surface area contributed by atoms with Crippen LogP contribution in [0.1, 0.15) is 504 Å². The van der Waals surface area contributed by atoms with Crippen molar-refractivity contribution < 1.29 is 64.1 Å². The van der Waals surface area contributed by atoms with Crippen molar-refractivity contribution in [2.45, 2.75) is 472 Å². The third-order valence-electron chi connectivity index (χ3n) is 22.6. The third kappa shape index (κ3) is 69.5. The van der Waals surface area contributed by atoms with Crippen LogP contribution in [0.5, 0.6) is 0 Å². The van der Waals surface area contributed by atoms with Crippen molar-refractivity contribution in [3.63, 3.8) is 0 Å². The molecule has 0 aliphatic rings. The molecule has 0 unspecified atom stereocenters. The van der Waals surface area contributed by atoms with Crippen LogP contribution in [-0.2, 0) is 39.2 Å². The number of carbonyl (C=O) groups is 4. The van der Waals surface area contributed by atoms with Gasteiger partial charge in [-0.25, -0.2) is 36.0 Å². The smallest absolute Gasteiger partial charge is 0.744 e. The van der Waals surface area contributed by atoms with Crippen LogP contribution in [0.15, 0.2) is 96.8 Å². The zero-order valence-electron chi connectivity index (χ0n) is 74.6. The second-order valence-corrected chi connectivity index (χ2v) is 35.9. The molecule has 2 rings (SSSR count). The average Bonchev–Trinajstić information content (AvgIpc) is 0.796. The Kier molecular flexibility index (Phi) is 81.9. The fraction of sp³-hybridized carbons (Fsp3) is 0.760. The predicted octanol–water partition coefficient (Wildman–Crippen LogP) is 30.3. The number of benzene rings is 2. The molecule has 17 heteroatoms. The fourth-order valence-electron chi connectivity index (χ4n) is 15.4. The first kappa shape index (κ1) is 113. The standard InChI is InChI=1S/2C50H86O7S.Ca/c2*1-3-5-7-9-11-13-15-17-19-21-23-25-27-29-31-33-35-37-39-44-56-49(51)46-42-41-43-47(58(53,54)55)48(46)50(52)57-45-40-38-36-34-32-30-28-26-24-22-20-18-16-14-12-10-8-6-4-2;/h2*3-4,41-43H,1-2,5-40,44-45H2,(H,53,54,55);/q;;+2/p-2. The number of esters is 4. The fourth-order valence-corrected chi connectivity index (χ4v) is 16.7. The summed E-state index contributed by atoms with van der Waals surface area (Å²) in [5.74, 6) is -3.61. The quantitative estimate of drug-likeness (QED) is 0.0150. The van der Waals surface area contributed by atoms with Crippen molar-refractivity contribution in [3.8, 4) is 0 Å². The monoisotopic (exact) mass is 1700 g/mol. The van der Waals surface area contributed by atoms with E-state index in [1.54, 1.807) is 0 Å². The van der Waals surface area contributed by atoms with Crippen molar-refractivity contribution >= 4 is 81.9 Å². The van der Waals surface area contributed by atoms with E-state index in [0.717, 1.165) is 115 Å². The van der Waals surface area contributed by atoms with Gasteiger partial charge in [-0.3, -0.25) is 0 Å². The van der Waals surface area contributed by atoms with Gasteiger partial charge >= 0.3 is 61.6 Å². The SMILES string of the molecule is C=CCCCCCCCCCCCCCCCCCCCOC(=O)c1cccc(S(=O)(=O)[O-])c1C(=O)OCCCCCCCCCCCCCCCCCCCC=C.C=CCCCCCCCCCCCCCCCCCCCOC(=O)c1cccc(S(=O)(=O)[O-])c1C(=O)OCCCCCCCCCCCCCCCCCCCC=C.[Ca+2]. The summed E-state index contributed by atoms with van der Waals surface area (Å²) in [5, 5.41) is 0. The van der Waals surface area contributed by atoms with Gasteiger partial charge in [-0.2, -0.15) is 0 Å². The van der Waals surface area contributed by atoms with E-state index >= 15 is 0 Å². The normalized spacial score (nSPS) is 11.4. The van der Waals surface area contributed by atoms with Crippen LogP contribution in [0.4, 0.5) is 0 Å². The molecular formula is C100H170CaO14S2. The van der Waals surface area contributed by atoms with Crippen LogP contribution in [0, 0.1) is 0 Å². The molecule has 0 radical (unpaired) electrons. The van der Waals surface area contributed by atoms with E-state index < -0.39 is 65.0 Å². The second-order valence-electron chi connectivity index (χ2n) is 33.2. The Bertz CT molecular complexity index is 2750. The maximum absolute atomic E-state index is 13.0. The van der Waals surface area contributed by atoms with E-state index in [2.05, 4.69) is 26.3 Å². The summed E-state index contributed by atoms with van der Waals surface area (Å²) in [6.45, 7) is 15.6. The summed E-state index contributed by atoms with van der Waals surface area (Å²) in [7, 11) is -10.0. The van der Waals surface area contributed by atoms with Crippen LogP contribution in [0.2, 0.25) is 0 Å². The average molecular weight is 1700 g/mol. The summed E-state index contributed by atoms with van der Waals surface area (Å²) in [4.78, 5) is 50.5. The molecule has 117 heavy (non-hydrogen) atoms. The van der Waals surface area contributed by atoms with E-state index in [0.29, 0.717) is 25.7 Å². The summed E-state index contributed by atoms with van der Waals surface area (Å²) in [5.41, 5.74) is -1.55. The summed E-state index contributed by atoms with van der Waals surface area (Å²) >= 11 is 0. The Balaban J connectivity index is 0.00000228. The number of allylic oxidation sites excluding steroid dienone is 4. The molecule has 0 saturated heterocycles. The first-order chi connectivity index (χ1) is 56.6. The van der Waals surface area contributed by atoms with Gasteiger partial charge in [-0.15, -0.1) is 26.3 Å². The van der Waals surface area contributed by atoms with Gasteiger partial charge in [0.1, 0.15) is 20.2 Å². The molecule has 2 aromatic carbocycles. The number of unbranched alkanes of at least 4 members (excludes halogenated alkanes) is 68. The van der Waals surface area contributed by atoms with Crippen LogP contribution in [0.3, 0.4) is 0 Å². The molecule has 0 saturated carbocycles. The molecule has 668 valence electrons. The first-order valence-corrected chi connectivity index (χ1v) is 50.8. The molecule has 0 fully saturated rings. The number of hydrogen-bond acceptors (Lipinski definition) is 14. The van der Waals surface area contributed by atoms with E-state index in [-0.39, 0.29) is 75.3 Å². The van der Waals surface area contributed by atoms with Gasteiger partial charge in [0.25, 0.3) is 0 Å². The molecule has 14 nitrogen and oxygen atoms in total. The Morgan fingerprint density at radius 3 is 0.513 bits per heavy atom. The largest absolute Gasteiger partial charge is 2.00 e. The molecule has 0 heterocycles. The van der Waals surface area contributed by atoms with Crippen molar-refractivity contribution in [2.24, 2.45) is 0 Å². The van der Waals surface area contributed by atoms with Gasteiger partial charge in [0.15, 0.2) is 0 Å². The minimum absolute atomic E-state index is 0. The first-order valence-electron chi connectivity index (χ1n) is 47.9. The van der Waals surface area contributed by atoms with Crippen LogP contribution >= 0.6 is 0 Å². The van der Waals surface area contributed by atoms with Crippen molar-refractivity contribution in [3.05, 3.63) is 109 Å². The summed E-state index contributed by atoms with van der Waals surface area (Å²) < 4.78 is 93.7. The Morgan fingerprint density at radius 2 is 0.368 bits per heavy atom. The van der Waals surface area contributed by atoms with Crippen LogP contribution in [-0.4, -0.2) is 114 Å². The maximum atomic E-state index is 13.0. The second kappa shape index (κ2) is 84.6. The maximum Gasteiger partial charge on any atom is 2.00 e. The molecule has 0 aliphatic carbocycles. The number of ether oxygens (including phenoxy) is 4. The zero-order chi connectivity index (χ0) is 84.4. The van der Waals surface area contributed by atoms with E-state index in [1.165, 1.54) is 358 Å². The zero-order valence-corrected chi connectivity index (χ0v) is 78.4. The van der Waals surface area contributed by atoms with E-state index in [9.17, 15) is 45.1 Å². The molecule has 0 spiro atoms. The van der Waals surface area contributed by atoms with Crippen LogP contribution in [0.25, 0.3) is 0 Å². The minimum Gasteiger partial charge on any atom is -0.744 e. The molecule has 0 atom stereocenters. The summed E-state index contributed by atoms with van der Waals surface area (Å²) in [6, 6.07) is 7.28. The van der Waals surface area contributed by atoms with E-state index in [4.69, 9.17) is 18.9 Å². The van der Waals surface area contributed by atoms with E-state index in [1.807, 2.05) is 24.3 Å². The Morgan fingerprint density at radius 1 is 0.231 bits per heavy atom. The van der Waals surface area contributed by atoms with Crippen LogP contribution < -0.4 is 0 Å². The molecule has 2 aromatic rings. The van der Waals surface area contributed by atoms with Gasteiger partial charge < -0.3 is 28.1 Å². The molecular weight excluding hydrogens is 1530 g/mol. The molecule has 0 bridgehead atoms. The Hall–Kier alpha value is -3.64. The number of carbonyl (C=O) groups excluding carboxylic acids is 4. The molecule has 0 aliphatic heterocycles. The van der Waals surface area contributed by atoms with Gasteiger partial charge in [0, 0.05) is 0 Å². The Labute approximate surface area is 747 Å². The van der Waals surface area contributed by atoms with Crippen molar-refractivity contribution in [2.75, 3.05) is 26.4 Å². The predicted molar refractivity (Wildman–Crippen MR) is 489 cm³/mol. The van der Waals surface area contributed by atoms with Gasteiger partial charge in [-0.05, 0) is 101 Å². The van der Waals surface area contributed by atoms with Crippen molar-refractivity contribution in [1.82, 2.24) is 0 Å².